The molecule has 0 spiro atoms. The van der Waals surface area contributed by atoms with Gasteiger partial charge in [-0.1, -0.05) is 11.6 Å². The van der Waals surface area contributed by atoms with Gasteiger partial charge in [-0.15, -0.1) is 0 Å². The van der Waals surface area contributed by atoms with Gasteiger partial charge in [-0.05, 0) is 61.7 Å². The first-order valence-corrected chi connectivity index (χ1v) is 11.7. The maximum Gasteiger partial charge on any atom is 0.418 e. The highest BCUT2D eigenvalue weighted by atomic mass is 35.5. The Morgan fingerprint density at radius 3 is 2.47 bits per heavy atom. The van der Waals surface area contributed by atoms with Gasteiger partial charge in [0.2, 0.25) is 5.91 Å². The summed E-state index contributed by atoms with van der Waals surface area (Å²) < 4.78 is 45.1. The van der Waals surface area contributed by atoms with Gasteiger partial charge in [0.05, 0.1) is 11.7 Å². The van der Waals surface area contributed by atoms with E-state index in [-0.39, 0.29) is 30.3 Å². The van der Waals surface area contributed by atoms with Gasteiger partial charge >= 0.3 is 6.18 Å². The van der Waals surface area contributed by atoms with E-state index >= 15 is 0 Å². The number of ether oxygens (including phenoxy) is 1. The van der Waals surface area contributed by atoms with E-state index in [9.17, 15) is 18.0 Å². The number of alkyl halides is 3. The molecule has 4 rings (SSSR count). The summed E-state index contributed by atoms with van der Waals surface area (Å²) in [6.07, 6.45) is -2.47. The second-order valence-electron chi connectivity index (χ2n) is 8.73. The molecule has 3 N–H and O–H groups in total. The van der Waals surface area contributed by atoms with E-state index in [4.69, 9.17) is 22.1 Å². The zero-order valence-electron chi connectivity index (χ0n) is 18.7. The van der Waals surface area contributed by atoms with Crippen molar-refractivity contribution in [3.8, 4) is 0 Å². The third kappa shape index (κ3) is 6.07. The van der Waals surface area contributed by atoms with Crippen molar-refractivity contribution >= 4 is 34.6 Å². The number of benzene rings is 2. The summed E-state index contributed by atoms with van der Waals surface area (Å²) in [5.41, 5.74) is 5.79. The minimum atomic E-state index is -4.50. The molecule has 2 aromatic rings. The molecule has 1 aliphatic carbocycles. The predicted molar refractivity (Wildman–Crippen MR) is 127 cm³/mol. The molecule has 184 valence electrons. The van der Waals surface area contributed by atoms with Gasteiger partial charge < -0.3 is 25.6 Å². The Labute approximate surface area is 201 Å². The van der Waals surface area contributed by atoms with Gasteiger partial charge in [0, 0.05) is 54.3 Å². The third-order valence-corrected chi connectivity index (χ3v) is 6.63. The Hall–Kier alpha value is -2.65. The number of carbonyl (C=O) groups is 1. The van der Waals surface area contributed by atoms with Crippen LogP contribution in [0.15, 0.2) is 42.5 Å². The number of amides is 1. The highest BCUT2D eigenvalue weighted by Gasteiger charge is 2.34. The molecular formula is C24H28ClF3N4O2. The van der Waals surface area contributed by atoms with Crippen LogP contribution in [0.5, 0.6) is 0 Å². The van der Waals surface area contributed by atoms with Crippen LogP contribution < -0.4 is 16.0 Å². The van der Waals surface area contributed by atoms with Crippen LogP contribution in [0.3, 0.4) is 0 Å². The summed E-state index contributed by atoms with van der Waals surface area (Å²) in [5, 5.41) is 3.83. The fourth-order valence-corrected chi connectivity index (χ4v) is 4.62. The lowest BCUT2D eigenvalue weighted by atomic mass is 10.1. The molecule has 34 heavy (non-hydrogen) atoms. The largest absolute Gasteiger partial charge is 0.418 e. The average Bonchev–Trinajstić information content (AvgIpc) is 3.26. The predicted octanol–water partition coefficient (Wildman–Crippen LogP) is 4.64. The van der Waals surface area contributed by atoms with Crippen molar-refractivity contribution in [2.45, 2.75) is 37.6 Å². The van der Waals surface area contributed by atoms with Gasteiger partial charge in [-0.3, -0.25) is 4.79 Å². The number of rotatable bonds is 6. The molecule has 1 amide bonds. The quantitative estimate of drug-likeness (QED) is 0.570. The van der Waals surface area contributed by atoms with E-state index in [2.05, 4.69) is 10.2 Å². The van der Waals surface area contributed by atoms with Crippen LogP contribution in [0.2, 0.25) is 5.02 Å². The molecule has 1 saturated heterocycles. The van der Waals surface area contributed by atoms with Gasteiger partial charge in [0.15, 0.2) is 0 Å². The second kappa shape index (κ2) is 10.3. The minimum Gasteiger partial charge on any atom is -0.398 e. The van der Waals surface area contributed by atoms with E-state index in [0.717, 1.165) is 37.7 Å². The van der Waals surface area contributed by atoms with Crippen molar-refractivity contribution in [2.24, 2.45) is 0 Å². The summed E-state index contributed by atoms with van der Waals surface area (Å²) in [7, 11) is 0. The summed E-state index contributed by atoms with van der Waals surface area (Å²) >= 11 is 5.95. The molecule has 2 atom stereocenters. The maximum absolute atomic E-state index is 13.1. The van der Waals surface area contributed by atoms with Crippen LogP contribution in [0.25, 0.3) is 0 Å². The van der Waals surface area contributed by atoms with Crippen LogP contribution in [0.4, 0.5) is 30.2 Å². The van der Waals surface area contributed by atoms with E-state index in [1.54, 1.807) is 6.07 Å². The number of nitrogens with two attached hydrogens (primary N) is 1. The van der Waals surface area contributed by atoms with Crippen molar-refractivity contribution in [3.05, 3.63) is 53.1 Å². The molecule has 0 aromatic heterocycles. The van der Waals surface area contributed by atoms with Crippen molar-refractivity contribution in [3.63, 3.8) is 0 Å². The second-order valence-corrected chi connectivity index (χ2v) is 9.17. The Morgan fingerprint density at radius 1 is 1.09 bits per heavy atom. The van der Waals surface area contributed by atoms with E-state index in [0.29, 0.717) is 30.2 Å². The molecule has 1 heterocycles. The number of hydrogen-bond donors (Lipinski definition) is 2. The fraction of sp³-hybridized carbons (Fsp3) is 0.458. The lowest BCUT2D eigenvalue weighted by Crippen LogP contribution is -2.50. The number of nitrogen functional groups attached to an aromatic ring is 1. The number of nitrogens with zero attached hydrogens (tertiary/aromatic N) is 2. The normalized spacial score (nSPS) is 21.1. The molecule has 0 bridgehead atoms. The smallest absolute Gasteiger partial charge is 0.398 e. The Bertz CT molecular complexity index is 995. The zero-order valence-corrected chi connectivity index (χ0v) is 19.4. The topological polar surface area (TPSA) is 70.8 Å². The zero-order chi connectivity index (χ0) is 24.3. The first kappa shape index (κ1) is 24.5. The lowest BCUT2D eigenvalue weighted by molar-refractivity contribution is -0.138. The Morgan fingerprint density at radius 2 is 1.79 bits per heavy atom. The number of halogens is 4. The van der Waals surface area contributed by atoms with Crippen LogP contribution in [-0.4, -0.2) is 55.7 Å². The SMILES string of the molecule is Nc1ccc(N[C@@H]2CC[C@@H](OCC(=O)N3CCN(c4ccc(Cl)cc4)CC3)C2)cc1C(F)(F)F. The molecule has 10 heteroatoms. The van der Waals surface area contributed by atoms with Gasteiger partial charge in [0.25, 0.3) is 0 Å². The molecule has 2 fully saturated rings. The first-order valence-electron chi connectivity index (χ1n) is 11.3. The lowest BCUT2D eigenvalue weighted by Gasteiger charge is -2.36. The number of anilines is 3. The molecule has 1 saturated carbocycles. The van der Waals surface area contributed by atoms with Crippen molar-refractivity contribution in [2.75, 3.05) is 48.7 Å². The number of nitrogens with one attached hydrogen (secondary N) is 1. The highest BCUT2D eigenvalue weighted by Crippen LogP contribution is 2.36. The molecule has 2 aromatic carbocycles. The van der Waals surface area contributed by atoms with Crippen LogP contribution in [0.1, 0.15) is 24.8 Å². The molecular weight excluding hydrogens is 469 g/mol. The Balaban J connectivity index is 1.20. The molecule has 0 radical (unpaired) electrons. The summed E-state index contributed by atoms with van der Waals surface area (Å²) in [6, 6.07) is 11.5. The van der Waals surface area contributed by atoms with Gasteiger partial charge in [0.1, 0.15) is 6.61 Å². The van der Waals surface area contributed by atoms with Gasteiger partial charge in [-0.25, -0.2) is 0 Å². The maximum atomic E-state index is 13.1. The van der Waals surface area contributed by atoms with Crippen molar-refractivity contribution in [1.29, 1.82) is 0 Å². The summed E-state index contributed by atoms with van der Waals surface area (Å²) in [5.74, 6) is -0.0412. The molecule has 2 aliphatic rings. The van der Waals surface area contributed by atoms with Crippen LogP contribution >= 0.6 is 11.6 Å². The summed E-state index contributed by atoms with van der Waals surface area (Å²) in [4.78, 5) is 16.6. The van der Waals surface area contributed by atoms with E-state index in [1.807, 2.05) is 29.2 Å². The Kier molecular flexibility index (Phi) is 7.42. The minimum absolute atomic E-state index is 0.0123. The van der Waals surface area contributed by atoms with E-state index < -0.39 is 11.7 Å². The molecule has 1 aliphatic heterocycles. The average molecular weight is 497 g/mol. The molecule has 0 unspecified atom stereocenters. The number of hydrogen-bond acceptors (Lipinski definition) is 5. The van der Waals surface area contributed by atoms with E-state index in [1.165, 1.54) is 6.07 Å². The van der Waals surface area contributed by atoms with Gasteiger partial charge in [-0.2, -0.15) is 13.2 Å². The number of piperazine rings is 1. The summed E-state index contributed by atoms with van der Waals surface area (Å²) in [6.45, 7) is 2.74. The monoisotopic (exact) mass is 496 g/mol. The van der Waals surface area contributed by atoms with Crippen LogP contribution in [0, 0.1) is 0 Å². The first-order chi connectivity index (χ1) is 16.2. The number of carbonyl (C=O) groups excluding carboxylic acids is 1. The highest BCUT2D eigenvalue weighted by molar-refractivity contribution is 6.30. The van der Waals surface area contributed by atoms with Crippen molar-refractivity contribution in [1.82, 2.24) is 4.90 Å². The van der Waals surface area contributed by atoms with Crippen molar-refractivity contribution < 1.29 is 22.7 Å². The third-order valence-electron chi connectivity index (χ3n) is 6.38. The molecule has 6 nitrogen and oxygen atoms in total. The standard InChI is InChI=1S/C24H28ClF3N4O2/c25-16-1-5-19(6-2-16)31-9-11-32(12-10-31)23(33)15-34-20-7-3-17(13-20)30-18-4-8-22(29)21(14-18)24(26,27)28/h1-2,4-6,8,14,17,20,30H,3,7,9-13,15,29H2/t17-,20-/m1/s1. The van der Waals surface area contributed by atoms with Crippen LogP contribution in [-0.2, 0) is 15.7 Å². The fourth-order valence-electron chi connectivity index (χ4n) is 4.50.